The lowest BCUT2D eigenvalue weighted by atomic mass is 10.3. The molecule has 0 aromatic carbocycles. The van der Waals surface area contributed by atoms with Crippen molar-refractivity contribution in [1.82, 2.24) is 0 Å². The first-order valence-corrected chi connectivity index (χ1v) is 4.45. The van der Waals surface area contributed by atoms with Gasteiger partial charge in [0.15, 0.2) is 0 Å². The van der Waals surface area contributed by atoms with Crippen LogP contribution in [-0.4, -0.2) is 35.4 Å². The van der Waals surface area contributed by atoms with Crippen LogP contribution in [0.3, 0.4) is 0 Å². The van der Waals surface area contributed by atoms with Gasteiger partial charge in [0.2, 0.25) is 0 Å². The fourth-order valence-corrected chi connectivity index (χ4v) is 0.586. The average Bonchev–Trinajstić information content (AvgIpc) is 2.24. The van der Waals surface area contributed by atoms with E-state index in [4.69, 9.17) is 5.11 Å². The van der Waals surface area contributed by atoms with Crippen LogP contribution in [0.25, 0.3) is 0 Å². The minimum absolute atomic E-state index is 0.0666. The van der Waals surface area contributed by atoms with E-state index in [2.05, 4.69) is 16.1 Å². The fourth-order valence-electron chi connectivity index (χ4n) is 0.586. The highest BCUT2D eigenvalue weighted by Gasteiger charge is 2.17. The predicted octanol–water partition coefficient (Wildman–Crippen LogP) is 0.431. The lowest BCUT2D eigenvalue weighted by molar-refractivity contribution is -0.154. The molecule has 0 heterocycles. The Morgan fingerprint density at radius 1 is 1.25 bits per heavy atom. The van der Waals surface area contributed by atoms with E-state index in [9.17, 15) is 14.7 Å². The average molecular weight is 230 g/mol. The Balaban J connectivity index is 4.48. The Hall–Kier alpha value is -1.82. The number of rotatable bonds is 5. The maximum absolute atomic E-state index is 11.2. The number of aliphatic hydroxyl groups is 2. The third kappa shape index (κ3) is 4.61. The molecule has 0 fully saturated rings. The van der Waals surface area contributed by atoms with Crippen molar-refractivity contribution in [2.24, 2.45) is 0 Å². The molecule has 0 aliphatic rings. The van der Waals surface area contributed by atoms with Crippen LogP contribution in [0.1, 0.15) is 13.8 Å². The first-order chi connectivity index (χ1) is 7.40. The zero-order valence-corrected chi connectivity index (χ0v) is 9.15. The highest BCUT2D eigenvalue weighted by Crippen LogP contribution is 2.06. The maximum Gasteiger partial charge on any atom is 0.348 e. The van der Waals surface area contributed by atoms with Crippen LogP contribution < -0.4 is 0 Å². The molecular weight excluding hydrogens is 216 g/mol. The van der Waals surface area contributed by atoms with Gasteiger partial charge in [-0.1, -0.05) is 6.58 Å². The lowest BCUT2D eigenvalue weighted by Gasteiger charge is -2.06. The van der Waals surface area contributed by atoms with Crippen LogP contribution in [0.4, 0.5) is 0 Å². The van der Waals surface area contributed by atoms with Gasteiger partial charge in [-0.15, -0.1) is 0 Å². The van der Waals surface area contributed by atoms with E-state index in [1.807, 2.05) is 0 Å². The van der Waals surface area contributed by atoms with Crippen LogP contribution >= 0.6 is 0 Å². The van der Waals surface area contributed by atoms with Crippen molar-refractivity contribution < 1.29 is 29.3 Å². The fraction of sp³-hybridized carbons (Fsp3) is 0.400. The molecular formula is C10H14O6. The number of ether oxygens (including phenoxy) is 2. The van der Waals surface area contributed by atoms with Gasteiger partial charge in [0.1, 0.15) is 12.2 Å². The van der Waals surface area contributed by atoms with E-state index < -0.39 is 17.9 Å². The van der Waals surface area contributed by atoms with Gasteiger partial charge in [-0.05, 0) is 13.8 Å². The summed E-state index contributed by atoms with van der Waals surface area (Å²) in [5.41, 5.74) is -0.194. The van der Waals surface area contributed by atoms with Crippen LogP contribution in [0.15, 0.2) is 23.7 Å². The molecule has 0 atom stereocenters. The second-order valence-electron chi connectivity index (χ2n) is 2.96. The van der Waals surface area contributed by atoms with E-state index in [0.717, 1.165) is 0 Å². The number of hydrogen-bond acceptors (Lipinski definition) is 6. The van der Waals surface area contributed by atoms with Crippen LogP contribution in [0, 0.1) is 0 Å². The molecule has 6 heteroatoms. The topological polar surface area (TPSA) is 93.1 Å². The number of hydrogen-bond donors (Lipinski definition) is 2. The quantitative estimate of drug-likeness (QED) is 0.308. The standard InChI is InChI=1S/C10H14O6/c1-6(2)8(12)16-10(14)7(3)9(13)15-5-4-11/h11,13H,1,4-5H2,2-3H3. The Morgan fingerprint density at radius 3 is 2.25 bits per heavy atom. The van der Waals surface area contributed by atoms with Crippen molar-refractivity contribution in [3.63, 3.8) is 0 Å². The van der Waals surface area contributed by atoms with Crippen molar-refractivity contribution in [1.29, 1.82) is 0 Å². The highest BCUT2D eigenvalue weighted by molar-refractivity contribution is 6.01. The summed E-state index contributed by atoms with van der Waals surface area (Å²) in [6.07, 6.45) is 0. The Bertz CT molecular complexity index is 328. The molecule has 0 bridgehead atoms. The summed E-state index contributed by atoms with van der Waals surface area (Å²) in [6, 6.07) is 0. The largest absolute Gasteiger partial charge is 0.481 e. The maximum atomic E-state index is 11.2. The van der Waals surface area contributed by atoms with Gasteiger partial charge in [-0.25, -0.2) is 9.59 Å². The first kappa shape index (κ1) is 14.2. The summed E-state index contributed by atoms with van der Waals surface area (Å²) in [5, 5.41) is 17.6. The predicted molar refractivity (Wildman–Crippen MR) is 54.3 cm³/mol. The molecule has 0 aromatic rings. The van der Waals surface area contributed by atoms with E-state index >= 15 is 0 Å². The van der Waals surface area contributed by atoms with Crippen molar-refractivity contribution in [3.05, 3.63) is 23.7 Å². The molecule has 0 spiro atoms. The van der Waals surface area contributed by atoms with Crippen molar-refractivity contribution in [2.45, 2.75) is 13.8 Å². The van der Waals surface area contributed by atoms with Gasteiger partial charge < -0.3 is 19.7 Å². The molecule has 0 saturated heterocycles. The monoisotopic (exact) mass is 230 g/mol. The van der Waals surface area contributed by atoms with Gasteiger partial charge in [-0.3, -0.25) is 0 Å². The van der Waals surface area contributed by atoms with Gasteiger partial charge >= 0.3 is 11.9 Å². The van der Waals surface area contributed by atoms with Crippen LogP contribution in [0.2, 0.25) is 0 Å². The molecule has 0 saturated carbocycles. The van der Waals surface area contributed by atoms with Crippen molar-refractivity contribution >= 4 is 11.9 Å². The first-order valence-electron chi connectivity index (χ1n) is 4.45. The normalized spacial score (nSPS) is 11.4. The summed E-state index contributed by atoms with van der Waals surface area (Å²) in [5.74, 6) is -2.59. The molecule has 16 heavy (non-hydrogen) atoms. The third-order valence-electron chi connectivity index (χ3n) is 1.49. The summed E-state index contributed by atoms with van der Waals surface area (Å²) in [6.45, 7) is 5.43. The Morgan fingerprint density at radius 2 is 1.81 bits per heavy atom. The highest BCUT2D eigenvalue weighted by atomic mass is 16.6. The van der Waals surface area contributed by atoms with Gasteiger partial charge in [0.25, 0.3) is 5.95 Å². The smallest absolute Gasteiger partial charge is 0.348 e. The SMILES string of the molecule is C=C(C)C(=O)OC(=O)C(C)=C(O)OCCO. The van der Waals surface area contributed by atoms with E-state index in [1.165, 1.54) is 13.8 Å². The van der Waals surface area contributed by atoms with E-state index in [1.54, 1.807) is 0 Å². The molecule has 0 unspecified atom stereocenters. The molecule has 0 radical (unpaired) electrons. The third-order valence-corrected chi connectivity index (χ3v) is 1.49. The zero-order valence-electron chi connectivity index (χ0n) is 9.15. The molecule has 6 nitrogen and oxygen atoms in total. The number of carbonyl (C=O) groups excluding carboxylic acids is 2. The second kappa shape index (κ2) is 6.62. The van der Waals surface area contributed by atoms with Gasteiger partial charge in [0, 0.05) is 5.57 Å². The van der Waals surface area contributed by atoms with Crippen molar-refractivity contribution in [2.75, 3.05) is 13.2 Å². The molecule has 0 aromatic heterocycles. The molecule has 0 amide bonds. The van der Waals surface area contributed by atoms with E-state index in [-0.39, 0.29) is 24.4 Å². The van der Waals surface area contributed by atoms with Gasteiger partial charge in [0.05, 0.1) is 6.61 Å². The Labute approximate surface area is 92.8 Å². The molecule has 0 aliphatic carbocycles. The van der Waals surface area contributed by atoms with Gasteiger partial charge in [-0.2, -0.15) is 0 Å². The number of aliphatic hydroxyl groups excluding tert-OH is 2. The molecule has 90 valence electrons. The minimum Gasteiger partial charge on any atom is -0.481 e. The van der Waals surface area contributed by atoms with Crippen LogP contribution in [0.5, 0.6) is 0 Å². The summed E-state index contributed by atoms with van der Waals surface area (Å²) in [4.78, 5) is 22.2. The molecule has 0 rings (SSSR count). The second-order valence-corrected chi connectivity index (χ2v) is 2.96. The zero-order chi connectivity index (χ0) is 12.7. The minimum atomic E-state index is -1.02. The molecule has 0 aliphatic heterocycles. The Kier molecular flexibility index (Phi) is 5.87. The van der Waals surface area contributed by atoms with E-state index in [0.29, 0.717) is 0 Å². The summed E-state index contributed by atoms with van der Waals surface area (Å²) in [7, 11) is 0. The summed E-state index contributed by atoms with van der Waals surface area (Å²) < 4.78 is 8.90. The van der Waals surface area contributed by atoms with Crippen LogP contribution in [-0.2, 0) is 19.1 Å². The lowest BCUT2D eigenvalue weighted by Crippen LogP contribution is -2.15. The molecule has 2 N–H and O–H groups in total. The number of esters is 2. The summed E-state index contributed by atoms with van der Waals surface area (Å²) >= 11 is 0. The number of carbonyl (C=O) groups is 2. The van der Waals surface area contributed by atoms with Crippen molar-refractivity contribution in [3.8, 4) is 0 Å².